The van der Waals surface area contributed by atoms with E-state index >= 15 is 0 Å². The Morgan fingerprint density at radius 1 is 1.44 bits per heavy atom. The van der Waals surface area contributed by atoms with Gasteiger partial charge in [-0.1, -0.05) is 30.3 Å². The summed E-state index contributed by atoms with van der Waals surface area (Å²) in [7, 11) is 1.67. The number of carbonyl (C=O) groups excluding carboxylic acids is 1. The van der Waals surface area contributed by atoms with Gasteiger partial charge < -0.3 is 10.0 Å². The Morgan fingerprint density at radius 2 is 2.06 bits per heavy atom. The largest absolute Gasteiger partial charge is 0.395 e. The fourth-order valence-corrected chi connectivity index (χ4v) is 1.85. The van der Waals surface area contributed by atoms with Crippen LogP contribution in [0, 0.1) is 0 Å². The molecule has 0 spiro atoms. The number of hydrogen-bond donors (Lipinski definition) is 2. The van der Waals surface area contributed by atoms with E-state index in [0.29, 0.717) is 13.0 Å². The van der Waals surface area contributed by atoms with Crippen molar-refractivity contribution in [3.63, 3.8) is 0 Å². The summed E-state index contributed by atoms with van der Waals surface area (Å²) in [5.74, 6) is -0.0544. The van der Waals surface area contributed by atoms with Gasteiger partial charge in [0.05, 0.1) is 11.9 Å². The predicted octanol–water partition coefficient (Wildman–Crippen LogP) is 0.978. The van der Waals surface area contributed by atoms with Crippen LogP contribution in [0.3, 0.4) is 0 Å². The summed E-state index contributed by atoms with van der Waals surface area (Å²) in [5, 5.41) is 8.39. The van der Waals surface area contributed by atoms with Crippen molar-refractivity contribution in [1.29, 1.82) is 0 Å². The van der Waals surface area contributed by atoms with Gasteiger partial charge in [0.1, 0.15) is 0 Å². The predicted molar refractivity (Wildman–Crippen MR) is 67.6 cm³/mol. The maximum atomic E-state index is 11.8. The molecule has 4 heteroatoms. The summed E-state index contributed by atoms with van der Waals surface area (Å²) in [6, 6.07) is 9.78. The summed E-state index contributed by atoms with van der Waals surface area (Å²) in [4.78, 5) is 13.3. The van der Waals surface area contributed by atoms with Gasteiger partial charge in [0.25, 0.3) is 0 Å². The van der Waals surface area contributed by atoms with Crippen LogP contribution in [0.25, 0.3) is 0 Å². The first-order chi connectivity index (χ1) is 7.65. The molecule has 0 aliphatic carbocycles. The van der Waals surface area contributed by atoms with Crippen molar-refractivity contribution in [3.05, 3.63) is 35.9 Å². The van der Waals surface area contributed by atoms with Gasteiger partial charge in [-0.2, -0.15) is 12.6 Å². The molecule has 0 fully saturated rings. The monoisotopic (exact) mass is 239 g/mol. The maximum Gasteiger partial charge on any atom is 0.235 e. The molecule has 1 amide bonds. The Kier molecular flexibility index (Phi) is 5.35. The van der Waals surface area contributed by atoms with Crippen LogP contribution in [0.15, 0.2) is 30.3 Å². The Hall–Kier alpha value is -1.00. The number of aliphatic hydroxyl groups excluding tert-OH is 1. The van der Waals surface area contributed by atoms with Gasteiger partial charge >= 0.3 is 0 Å². The fraction of sp³-hybridized carbons (Fsp3) is 0.417. The summed E-state index contributed by atoms with van der Waals surface area (Å²) >= 11 is 4.30. The Morgan fingerprint density at radius 3 is 2.62 bits per heavy atom. The minimum atomic E-state index is -0.348. The van der Waals surface area contributed by atoms with E-state index in [-0.39, 0.29) is 17.8 Å². The molecule has 1 unspecified atom stereocenters. The molecule has 1 rings (SSSR count). The molecule has 1 aromatic rings. The first kappa shape index (κ1) is 13.1. The number of hydrogen-bond acceptors (Lipinski definition) is 3. The van der Waals surface area contributed by atoms with Crippen LogP contribution in [-0.4, -0.2) is 41.4 Å². The van der Waals surface area contributed by atoms with Crippen LogP contribution in [0.5, 0.6) is 0 Å². The lowest BCUT2D eigenvalue weighted by Gasteiger charge is -2.19. The van der Waals surface area contributed by atoms with E-state index in [1.807, 2.05) is 30.3 Å². The molecule has 88 valence electrons. The highest BCUT2D eigenvalue weighted by atomic mass is 32.1. The number of rotatable bonds is 5. The highest BCUT2D eigenvalue weighted by Crippen LogP contribution is 2.09. The van der Waals surface area contributed by atoms with Crippen LogP contribution in [0.1, 0.15) is 5.56 Å². The molecular formula is C12H17NO2S. The van der Waals surface area contributed by atoms with Crippen molar-refractivity contribution in [3.8, 4) is 0 Å². The second kappa shape index (κ2) is 6.55. The van der Waals surface area contributed by atoms with Crippen LogP contribution >= 0.6 is 12.6 Å². The normalized spacial score (nSPS) is 12.2. The van der Waals surface area contributed by atoms with Gasteiger partial charge in [-0.15, -0.1) is 0 Å². The third-order valence-electron chi connectivity index (χ3n) is 2.37. The van der Waals surface area contributed by atoms with Crippen molar-refractivity contribution in [2.45, 2.75) is 11.7 Å². The molecule has 0 aromatic heterocycles. The third kappa shape index (κ3) is 3.87. The molecule has 0 saturated carbocycles. The molecule has 0 radical (unpaired) electrons. The zero-order valence-electron chi connectivity index (χ0n) is 9.34. The molecule has 3 nitrogen and oxygen atoms in total. The molecule has 1 atom stereocenters. The zero-order chi connectivity index (χ0) is 12.0. The average molecular weight is 239 g/mol. The van der Waals surface area contributed by atoms with Crippen LogP contribution in [0.4, 0.5) is 0 Å². The quantitative estimate of drug-likeness (QED) is 0.752. The molecule has 16 heavy (non-hydrogen) atoms. The first-order valence-electron chi connectivity index (χ1n) is 5.23. The molecule has 0 aliphatic rings. The Bertz CT molecular complexity index is 329. The first-order valence-corrected chi connectivity index (χ1v) is 5.74. The third-order valence-corrected chi connectivity index (χ3v) is 2.77. The van der Waals surface area contributed by atoms with Gasteiger partial charge in [-0.3, -0.25) is 4.79 Å². The van der Waals surface area contributed by atoms with E-state index in [9.17, 15) is 4.79 Å². The van der Waals surface area contributed by atoms with Crippen LogP contribution in [-0.2, 0) is 11.2 Å². The van der Waals surface area contributed by atoms with Crippen molar-refractivity contribution in [1.82, 2.24) is 4.90 Å². The van der Waals surface area contributed by atoms with Crippen molar-refractivity contribution < 1.29 is 9.90 Å². The molecular weight excluding hydrogens is 222 g/mol. The number of carbonyl (C=O) groups is 1. The van der Waals surface area contributed by atoms with Crippen molar-refractivity contribution >= 4 is 18.5 Å². The topological polar surface area (TPSA) is 40.5 Å². The number of likely N-dealkylation sites (N-methyl/N-ethyl adjacent to an activating group) is 1. The highest BCUT2D eigenvalue weighted by Gasteiger charge is 2.17. The molecule has 0 bridgehead atoms. The fourth-order valence-electron chi connectivity index (χ4n) is 1.44. The Labute approximate surface area is 101 Å². The summed E-state index contributed by atoms with van der Waals surface area (Å²) in [5.41, 5.74) is 1.09. The lowest BCUT2D eigenvalue weighted by Crippen LogP contribution is -2.36. The van der Waals surface area contributed by atoms with E-state index in [1.54, 1.807) is 7.05 Å². The van der Waals surface area contributed by atoms with E-state index in [1.165, 1.54) is 4.90 Å². The minimum Gasteiger partial charge on any atom is -0.395 e. The number of amides is 1. The van der Waals surface area contributed by atoms with Gasteiger partial charge in [0.2, 0.25) is 5.91 Å². The van der Waals surface area contributed by atoms with Crippen molar-refractivity contribution in [2.75, 3.05) is 20.2 Å². The maximum absolute atomic E-state index is 11.8. The van der Waals surface area contributed by atoms with Gasteiger partial charge in [-0.05, 0) is 12.0 Å². The molecule has 0 heterocycles. The SMILES string of the molecule is CN(CCO)C(=O)C(S)Cc1ccccc1. The smallest absolute Gasteiger partial charge is 0.235 e. The number of nitrogens with zero attached hydrogens (tertiary/aromatic N) is 1. The zero-order valence-corrected chi connectivity index (χ0v) is 10.2. The standard InChI is InChI=1S/C12H17NO2S/c1-13(7-8-14)12(15)11(16)9-10-5-3-2-4-6-10/h2-6,11,14,16H,7-9H2,1H3. The number of aliphatic hydroxyl groups is 1. The van der Waals surface area contributed by atoms with E-state index in [0.717, 1.165) is 5.56 Å². The second-order valence-corrected chi connectivity index (χ2v) is 4.31. The summed E-state index contributed by atoms with van der Waals surface area (Å²) in [6.45, 7) is 0.332. The molecule has 0 aliphatic heterocycles. The summed E-state index contributed by atoms with van der Waals surface area (Å²) < 4.78 is 0. The van der Waals surface area contributed by atoms with E-state index in [2.05, 4.69) is 12.6 Å². The van der Waals surface area contributed by atoms with Gasteiger partial charge in [0, 0.05) is 13.6 Å². The Balaban J connectivity index is 2.52. The van der Waals surface area contributed by atoms with E-state index in [4.69, 9.17) is 5.11 Å². The highest BCUT2D eigenvalue weighted by molar-refractivity contribution is 7.81. The summed E-state index contributed by atoms with van der Waals surface area (Å²) in [6.07, 6.45) is 0.610. The lowest BCUT2D eigenvalue weighted by atomic mass is 10.1. The average Bonchev–Trinajstić information content (AvgIpc) is 2.29. The van der Waals surface area contributed by atoms with E-state index < -0.39 is 0 Å². The molecule has 1 N–H and O–H groups in total. The van der Waals surface area contributed by atoms with Gasteiger partial charge in [0.15, 0.2) is 0 Å². The lowest BCUT2D eigenvalue weighted by molar-refractivity contribution is -0.129. The van der Waals surface area contributed by atoms with Crippen LogP contribution < -0.4 is 0 Å². The number of benzene rings is 1. The number of thiol groups is 1. The second-order valence-electron chi connectivity index (χ2n) is 3.69. The molecule has 1 aromatic carbocycles. The van der Waals surface area contributed by atoms with Crippen LogP contribution in [0.2, 0.25) is 0 Å². The van der Waals surface area contributed by atoms with Crippen molar-refractivity contribution in [2.24, 2.45) is 0 Å². The van der Waals surface area contributed by atoms with Gasteiger partial charge in [-0.25, -0.2) is 0 Å². The molecule has 0 saturated heterocycles. The minimum absolute atomic E-state index is 0.0198.